The molecule has 0 amide bonds. The van der Waals surface area contributed by atoms with E-state index in [1.54, 1.807) is 27.7 Å². The van der Waals surface area contributed by atoms with Gasteiger partial charge < -0.3 is 0 Å². The van der Waals surface area contributed by atoms with E-state index in [9.17, 15) is 19.2 Å². The molecule has 0 aromatic rings. The van der Waals surface area contributed by atoms with Crippen LogP contribution in [0, 0.1) is 0 Å². The van der Waals surface area contributed by atoms with Crippen molar-refractivity contribution in [2.75, 3.05) is 72.0 Å². The highest BCUT2D eigenvalue weighted by molar-refractivity contribution is 5.81. The lowest BCUT2D eigenvalue weighted by Crippen LogP contribution is -2.51. The quantitative estimate of drug-likeness (QED) is 0.494. The highest BCUT2D eigenvalue weighted by atomic mass is 16.1. The number of carbonyl (C=O) groups is 4. The molecule has 0 saturated carbocycles. The van der Waals surface area contributed by atoms with E-state index in [0.29, 0.717) is 72.0 Å². The van der Waals surface area contributed by atoms with E-state index in [1.807, 2.05) is 0 Å². The molecule has 8 heteroatoms. The molecule has 0 spiro atoms. The minimum atomic E-state index is -0.138. The molecule has 31 heavy (non-hydrogen) atoms. The van der Waals surface area contributed by atoms with Gasteiger partial charge in [0.1, 0.15) is 23.1 Å². The van der Waals surface area contributed by atoms with Gasteiger partial charge >= 0.3 is 0 Å². The summed E-state index contributed by atoms with van der Waals surface area (Å²) in [5.41, 5.74) is 0. The third kappa shape index (κ3) is 11.6. The van der Waals surface area contributed by atoms with Crippen molar-refractivity contribution < 1.29 is 19.2 Å². The second-order valence-electron chi connectivity index (χ2n) is 8.89. The van der Waals surface area contributed by atoms with Crippen LogP contribution in [0.2, 0.25) is 0 Å². The molecule has 0 N–H and O–H groups in total. The Labute approximate surface area is 187 Å². The topological polar surface area (TPSA) is 81.2 Å². The zero-order chi connectivity index (χ0) is 23.4. The zero-order valence-electron chi connectivity index (χ0n) is 20.2. The number of Topliss-reactive ketones (excluding diaryl/α,β-unsaturated/α-hetero) is 4. The van der Waals surface area contributed by atoms with Gasteiger partial charge in [0.2, 0.25) is 0 Å². The van der Waals surface area contributed by atoms with Crippen molar-refractivity contribution in [3.8, 4) is 0 Å². The molecule has 1 fully saturated rings. The van der Waals surface area contributed by atoms with Crippen molar-refractivity contribution >= 4 is 23.1 Å². The predicted molar refractivity (Wildman–Crippen MR) is 122 cm³/mol. The monoisotopic (exact) mass is 438 g/mol. The number of hydrogen-bond acceptors (Lipinski definition) is 8. The largest absolute Gasteiger partial charge is 0.299 e. The van der Waals surface area contributed by atoms with E-state index >= 15 is 0 Å². The fraction of sp³-hybridized carbons (Fsp3) is 0.826. The maximum absolute atomic E-state index is 12.4. The summed E-state index contributed by atoms with van der Waals surface area (Å²) in [6.45, 7) is 15.1. The lowest BCUT2D eigenvalue weighted by atomic mass is 10.1. The fourth-order valence-electron chi connectivity index (χ4n) is 4.20. The number of nitrogens with zero attached hydrogens (tertiary/aromatic N) is 4. The Balaban J connectivity index is 3.06. The van der Waals surface area contributed by atoms with Gasteiger partial charge in [-0.05, 0) is 34.1 Å². The van der Waals surface area contributed by atoms with Crippen molar-refractivity contribution in [3.05, 3.63) is 0 Å². The second-order valence-corrected chi connectivity index (χ2v) is 8.89. The van der Waals surface area contributed by atoms with Gasteiger partial charge in [0, 0.05) is 52.4 Å². The third-order valence-corrected chi connectivity index (χ3v) is 5.68. The average Bonchev–Trinajstić information content (AvgIpc) is 2.65. The minimum Gasteiger partial charge on any atom is -0.299 e. The standard InChI is InChI=1S/C23H42N4O4/c1-6-7-23(22(5)31)27-14-12-25(17-20(3)29)10-8-24(16-19(2)28)9-11-26(13-15-27)18-21(4)30/h23H,6-18H2,1-5H3. The van der Waals surface area contributed by atoms with E-state index in [0.717, 1.165) is 12.8 Å². The Morgan fingerprint density at radius 3 is 1.19 bits per heavy atom. The summed E-state index contributed by atoms with van der Waals surface area (Å²) in [5, 5.41) is 0. The number of carbonyl (C=O) groups excluding carboxylic acids is 4. The molecule has 1 aliphatic rings. The molecule has 0 aromatic heterocycles. The molecule has 178 valence electrons. The van der Waals surface area contributed by atoms with Gasteiger partial charge in [-0.1, -0.05) is 13.3 Å². The lowest BCUT2D eigenvalue weighted by Gasteiger charge is -2.36. The molecule has 0 aromatic carbocycles. The van der Waals surface area contributed by atoms with Gasteiger partial charge in [-0.3, -0.25) is 38.8 Å². The summed E-state index contributed by atoms with van der Waals surface area (Å²) < 4.78 is 0. The van der Waals surface area contributed by atoms with Crippen LogP contribution in [-0.4, -0.2) is 121 Å². The van der Waals surface area contributed by atoms with Gasteiger partial charge in [-0.2, -0.15) is 0 Å². The van der Waals surface area contributed by atoms with Gasteiger partial charge in [-0.25, -0.2) is 0 Å². The van der Waals surface area contributed by atoms with Crippen LogP contribution in [0.3, 0.4) is 0 Å². The van der Waals surface area contributed by atoms with E-state index in [2.05, 4.69) is 26.5 Å². The maximum atomic E-state index is 12.4. The van der Waals surface area contributed by atoms with Crippen molar-refractivity contribution in [1.29, 1.82) is 0 Å². The van der Waals surface area contributed by atoms with E-state index in [1.165, 1.54) is 0 Å². The van der Waals surface area contributed by atoms with Crippen molar-refractivity contribution in [2.24, 2.45) is 0 Å². The van der Waals surface area contributed by atoms with Crippen molar-refractivity contribution in [2.45, 2.75) is 53.5 Å². The molecule has 1 rings (SSSR count). The van der Waals surface area contributed by atoms with Gasteiger partial charge in [0.05, 0.1) is 25.7 Å². The summed E-state index contributed by atoms with van der Waals surface area (Å²) in [6, 6.07) is -0.138. The molecule has 1 heterocycles. The van der Waals surface area contributed by atoms with Gasteiger partial charge in [-0.15, -0.1) is 0 Å². The Morgan fingerprint density at radius 2 is 0.935 bits per heavy atom. The van der Waals surface area contributed by atoms with E-state index in [-0.39, 0.29) is 29.2 Å². The summed E-state index contributed by atoms with van der Waals surface area (Å²) in [4.78, 5) is 56.3. The highest BCUT2D eigenvalue weighted by Gasteiger charge is 2.25. The summed E-state index contributed by atoms with van der Waals surface area (Å²) in [6.07, 6.45) is 1.73. The van der Waals surface area contributed by atoms with Crippen LogP contribution in [0.1, 0.15) is 47.5 Å². The minimum absolute atomic E-state index is 0.110. The van der Waals surface area contributed by atoms with Crippen LogP contribution in [0.15, 0.2) is 0 Å². The lowest BCUT2D eigenvalue weighted by molar-refractivity contribution is -0.123. The molecule has 0 aliphatic carbocycles. The number of hydrogen-bond donors (Lipinski definition) is 0. The Bertz CT molecular complexity index is 578. The van der Waals surface area contributed by atoms with Gasteiger partial charge in [0.25, 0.3) is 0 Å². The summed E-state index contributed by atoms with van der Waals surface area (Å²) in [5.74, 6) is 0.498. The number of rotatable bonds is 10. The van der Waals surface area contributed by atoms with Crippen LogP contribution in [0.25, 0.3) is 0 Å². The predicted octanol–water partition coefficient (Wildman–Crippen LogP) is 0.733. The molecule has 8 nitrogen and oxygen atoms in total. The molecule has 1 saturated heterocycles. The first kappa shape index (κ1) is 27.6. The smallest absolute Gasteiger partial charge is 0.146 e. The molecular weight excluding hydrogens is 396 g/mol. The van der Waals surface area contributed by atoms with Crippen LogP contribution in [0.4, 0.5) is 0 Å². The third-order valence-electron chi connectivity index (χ3n) is 5.68. The summed E-state index contributed by atoms with van der Waals surface area (Å²) >= 11 is 0. The van der Waals surface area contributed by atoms with E-state index in [4.69, 9.17) is 0 Å². The first-order valence-electron chi connectivity index (χ1n) is 11.5. The van der Waals surface area contributed by atoms with Gasteiger partial charge in [0.15, 0.2) is 0 Å². The molecule has 1 atom stereocenters. The molecule has 0 bridgehead atoms. The maximum Gasteiger partial charge on any atom is 0.146 e. The summed E-state index contributed by atoms with van der Waals surface area (Å²) in [7, 11) is 0. The van der Waals surface area contributed by atoms with E-state index < -0.39 is 0 Å². The van der Waals surface area contributed by atoms with Crippen LogP contribution in [0.5, 0.6) is 0 Å². The molecule has 0 radical (unpaired) electrons. The normalized spacial score (nSPS) is 19.9. The SMILES string of the molecule is CCCC(C(C)=O)N1CCN(CC(C)=O)CCN(CC(C)=O)CCN(CC(C)=O)CC1. The zero-order valence-corrected chi connectivity index (χ0v) is 20.2. The highest BCUT2D eigenvalue weighted by Crippen LogP contribution is 2.10. The van der Waals surface area contributed by atoms with Crippen LogP contribution in [-0.2, 0) is 19.2 Å². The van der Waals surface area contributed by atoms with Crippen LogP contribution >= 0.6 is 0 Å². The Hall–Kier alpha value is -1.48. The Kier molecular flexibility index (Phi) is 12.9. The first-order valence-corrected chi connectivity index (χ1v) is 11.5. The first-order chi connectivity index (χ1) is 14.6. The molecular formula is C23H42N4O4. The van der Waals surface area contributed by atoms with Crippen LogP contribution < -0.4 is 0 Å². The fourth-order valence-corrected chi connectivity index (χ4v) is 4.20. The average molecular weight is 439 g/mol. The second kappa shape index (κ2) is 14.6. The molecule has 1 unspecified atom stereocenters. The Morgan fingerprint density at radius 1 is 0.613 bits per heavy atom. The van der Waals surface area contributed by atoms with Crippen molar-refractivity contribution in [3.63, 3.8) is 0 Å². The number of ketones is 4. The van der Waals surface area contributed by atoms with Crippen molar-refractivity contribution in [1.82, 2.24) is 19.6 Å². The molecule has 1 aliphatic heterocycles.